The molecule has 1 aromatic heterocycles. The molecule has 3 heterocycles. The van der Waals surface area contributed by atoms with Crippen LogP contribution in [-0.4, -0.2) is 55.5 Å². The lowest BCUT2D eigenvalue weighted by atomic mass is 10.2. The van der Waals surface area contributed by atoms with Crippen LogP contribution in [0, 0.1) is 5.82 Å². The van der Waals surface area contributed by atoms with Crippen LogP contribution in [-0.2, 0) is 4.74 Å². The molecular weight excluding hydrogens is 409 g/mol. The van der Waals surface area contributed by atoms with Gasteiger partial charge in [-0.05, 0) is 30.3 Å². The van der Waals surface area contributed by atoms with Crippen LogP contribution in [0.2, 0.25) is 5.02 Å². The highest BCUT2D eigenvalue weighted by molar-refractivity contribution is 6.35. The average molecular weight is 430 g/mol. The van der Waals surface area contributed by atoms with E-state index in [1.54, 1.807) is 18.3 Å². The highest BCUT2D eigenvalue weighted by Crippen LogP contribution is 2.32. The van der Waals surface area contributed by atoms with Gasteiger partial charge in [-0.25, -0.2) is 14.4 Å². The number of fused-ring (bicyclic) bond motifs is 1. The van der Waals surface area contributed by atoms with Gasteiger partial charge in [0.25, 0.3) is 0 Å². The van der Waals surface area contributed by atoms with E-state index < -0.39 is 0 Å². The SMILES string of the molecule is Fc1cc(Nc2ncc3c(Cl)ccc(OC4CNC4)c3n2)ccc1N1CCOCC1. The molecule has 2 aliphatic rings. The molecule has 0 unspecified atom stereocenters. The number of benzene rings is 2. The van der Waals surface area contributed by atoms with Gasteiger partial charge in [0.2, 0.25) is 5.95 Å². The summed E-state index contributed by atoms with van der Waals surface area (Å²) in [6.45, 7) is 4.17. The first-order chi connectivity index (χ1) is 14.7. The van der Waals surface area contributed by atoms with E-state index in [-0.39, 0.29) is 11.9 Å². The molecule has 0 aliphatic carbocycles. The molecule has 7 nitrogen and oxygen atoms in total. The van der Waals surface area contributed by atoms with Crippen LogP contribution in [0.4, 0.5) is 21.7 Å². The number of aromatic nitrogens is 2. The highest BCUT2D eigenvalue weighted by atomic mass is 35.5. The van der Waals surface area contributed by atoms with Crippen LogP contribution in [0.5, 0.6) is 5.75 Å². The van der Waals surface area contributed by atoms with Crippen molar-refractivity contribution in [2.24, 2.45) is 0 Å². The molecule has 0 amide bonds. The molecule has 30 heavy (non-hydrogen) atoms. The van der Waals surface area contributed by atoms with Crippen LogP contribution < -0.4 is 20.3 Å². The second-order valence-electron chi connectivity index (χ2n) is 7.29. The lowest BCUT2D eigenvalue weighted by Crippen LogP contribution is -2.50. The third-order valence-corrected chi connectivity index (χ3v) is 5.58. The minimum absolute atomic E-state index is 0.113. The van der Waals surface area contributed by atoms with Crippen molar-refractivity contribution < 1.29 is 13.9 Å². The van der Waals surface area contributed by atoms with Crippen LogP contribution in [0.25, 0.3) is 10.9 Å². The van der Waals surface area contributed by atoms with E-state index in [0.717, 1.165) is 13.1 Å². The average Bonchev–Trinajstić information content (AvgIpc) is 2.73. The number of nitrogens with zero attached hydrogens (tertiary/aromatic N) is 3. The van der Waals surface area contributed by atoms with Gasteiger partial charge in [-0.1, -0.05) is 11.6 Å². The van der Waals surface area contributed by atoms with Gasteiger partial charge >= 0.3 is 0 Å². The highest BCUT2D eigenvalue weighted by Gasteiger charge is 2.21. The Morgan fingerprint density at radius 2 is 2.03 bits per heavy atom. The summed E-state index contributed by atoms with van der Waals surface area (Å²) in [7, 11) is 0. The summed E-state index contributed by atoms with van der Waals surface area (Å²) >= 11 is 6.31. The van der Waals surface area contributed by atoms with Crippen molar-refractivity contribution in [1.29, 1.82) is 0 Å². The molecule has 5 rings (SSSR count). The Hall–Kier alpha value is -2.68. The van der Waals surface area contributed by atoms with Gasteiger partial charge in [0.1, 0.15) is 23.2 Å². The summed E-state index contributed by atoms with van der Waals surface area (Å²) in [4.78, 5) is 10.9. The molecule has 2 aromatic carbocycles. The number of halogens is 2. The van der Waals surface area contributed by atoms with Gasteiger partial charge in [-0.2, -0.15) is 0 Å². The Bertz CT molecular complexity index is 1070. The van der Waals surface area contributed by atoms with Crippen LogP contribution in [0.3, 0.4) is 0 Å². The Morgan fingerprint density at radius 1 is 1.20 bits per heavy atom. The van der Waals surface area contributed by atoms with Gasteiger partial charge < -0.3 is 25.0 Å². The monoisotopic (exact) mass is 429 g/mol. The van der Waals surface area contributed by atoms with E-state index in [9.17, 15) is 4.39 Å². The number of morpholine rings is 1. The Kier molecular flexibility index (Phi) is 5.28. The molecule has 0 radical (unpaired) electrons. The minimum Gasteiger partial charge on any atom is -0.485 e. The van der Waals surface area contributed by atoms with Crippen LogP contribution >= 0.6 is 11.6 Å². The fraction of sp³-hybridized carbons (Fsp3) is 0.333. The number of anilines is 3. The van der Waals surface area contributed by atoms with Crippen molar-refractivity contribution in [1.82, 2.24) is 15.3 Å². The topological polar surface area (TPSA) is 71.5 Å². The lowest BCUT2D eigenvalue weighted by Gasteiger charge is -2.29. The first-order valence-corrected chi connectivity index (χ1v) is 10.3. The number of ether oxygens (including phenoxy) is 2. The van der Waals surface area contributed by atoms with Crippen molar-refractivity contribution in [3.8, 4) is 5.75 Å². The smallest absolute Gasteiger partial charge is 0.227 e. The first-order valence-electron chi connectivity index (χ1n) is 9.89. The zero-order valence-electron chi connectivity index (χ0n) is 16.2. The molecule has 2 fully saturated rings. The van der Waals surface area contributed by atoms with Gasteiger partial charge in [0.05, 0.1) is 23.9 Å². The van der Waals surface area contributed by atoms with Crippen molar-refractivity contribution >= 4 is 39.8 Å². The molecule has 156 valence electrons. The number of rotatable bonds is 5. The number of hydrogen-bond acceptors (Lipinski definition) is 7. The van der Waals surface area contributed by atoms with Gasteiger partial charge in [0.15, 0.2) is 0 Å². The summed E-state index contributed by atoms with van der Waals surface area (Å²) in [6.07, 6.45) is 1.76. The third-order valence-electron chi connectivity index (χ3n) is 5.25. The maximum Gasteiger partial charge on any atom is 0.227 e. The van der Waals surface area contributed by atoms with E-state index in [0.29, 0.717) is 65.3 Å². The second kappa shape index (κ2) is 8.22. The van der Waals surface area contributed by atoms with E-state index in [1.165, 1.54) is 6.07 Å². The molecule has 9 heteroatoms. The minimum atomic E-state index is -0.299. The normalized spacial score (nSPS) is 17.1. The van der Waals surface area contributed by atoms with Crippen LogP contribution in [0.15, 0.2) is 36.5 Å². The maximum atomic E-state index is 14.7. The molecule has 0 saturated carbocycles. The predicted octanol–water partition coefficient (Wildman–Crippen LogP) is 3.35. The zero-order valence-corrected chi connectivity index (χ0v) is 17.0. The van der Waals surface area contributed by atoms with E-state index in [4.69, 9.17) is 21.1 Å². The molecule has 0 atom stereocenters. The van der Waals surface area contributed by atoms with E-state index >= 15 is 0 Å². The van der Waals surface area contributed by atoms with Crippen molar-refractivity contribution in [2.45, 2.75) is 6.10 Å². The lowest BCUT2D eigenvalue weighted by molar-refractivity contribution is 0.122. The number of nitrogens with one attached hydrogen (secondary N) is 2. The van der Waals surface area contributed by atoms with Gasteiger partial charge in [0, 0.05) is 43.4 Å². The fourth-order valence-corrected chi connectivity index (χ4v) is 3.72. The Morgan fingerprint density at radius 3 is 2.77 bits per heavy atom. The van der Waals surface area contributed by atoms with Gasteiger partial charge in [-0.3, -0.25) is 0 Å². The van der Waals surface area contributed by atoms with Gasteiger partial charge in [-0.15, -0.1) is 0 Å². The van der Waals surface area contributed by atoms with E-state index in [2.05, 4.69) is 20.6 Å². The predicted molar refractivity (Wildman–Crippen MR) is 115 cm³/mol. The summed E-state index contributed by atoms with van der Waals surface area (Å²) in [5, 5.41) is 7.52. The standard InChI is InChI=1S/C21H21ClFN5O2/c22-16-2-4-19(30-14-10-24-11-14)20-15(16)12-25-21(27-20)26-13-1-3-18(17(23)9-13)28-5-7-29-8-6-28/h1-4,9,12,14,24H,5-8,10-11H2,(H,25,26,27). The van der Waals surface area contributed by atoms with E-state index in [1.807, 2.05) is 17.0 Å². The molecule has 0 spiro atoms. The van der Waals surface area contributed by atoms with Crippen molar-refractivity contribution in [3.05, 3.63) is 47.4 Å². The van der Waals surface area contributed by atoms with Crippen LogP contribution in [0.1, 0.15) is 0 Å². The molecule has 2 saturated heterocycles. The molecular formula is C21H21ClFN5O2. The quantitative estimate of drug-likeness (QED) is 0.644. The largest absolute Gasteiger partial charge is 0.485 e. The molecule has 2 N–H and O–H groups in total. The first kappa shape index (κ1) is 19.3. The summed E-state index contributed by atoms with van der Waals surface area (Å²) in [6, 6.07) is 8.63. The third kappa shape index (κ3) is 3.86. The molecule has 3 aromatic rings. The number of hydrogen-bond donors (Lipinski definition) is 2. The summed E-state index contributed by atoms with van der Waals surface area (Å²) in [5.41, 5.74) is 1.76. The Labute approximate surface area is 178 Å². The molecule has 2 aliphatic heterocycles. The summed E-state index contributed by atoms with van der Waals surface area (Å²) < 4.78 is 26.0. The molecule has 0 bridgehead atoms. The van der Waals surface area contributed by atoms with Crippen molar-refractivity contribution in [2.75, 3.05) is 49.6 Å². The maximum absolute atomic E-state index is 14.7. The van der Waals surface area contributed by atoms with Crippen molar-refractivity contribution in [3.63, 3.8) is 0 Å². The zero-order chi connectivity index (χ0) is 20.5. The fourth-order valence-electron chi connectivity index (χ4n) is 3.52. The second-order valence-corrected chi connectivity index (χ2v) is 7.70. The Balaban J connectivity index is 1.40. The summed E-state index contributed by atoms with van der Waals surface area (Å²) in [5.74, 6) is 0.701.